The minimum atomic E-state index is 0.484. The van der Waals surface area contributed by atoms with Gasteiger partial charge in [-0.15, -0.1) is 10.2 Å². The van der Waals surface area contributed by atoms with Gasteiger partial charge in [0.1, 0.15) is 23.0 Å². The molecule has 0 aliphatic heterocycles. The van der Waals surface area contributed by atoms with Crippen molar-refractivity contribution in [2.75, 3.05) is 5.73 Å². The third kappa shape index (κ3) is 2.18. The minimum absolute atomic E-state index is 0.484. The molecule has 19 heavy (non-hydrogen) atoms. The molecule has 4 rings (SSSR count). The third-order valence-electron chi connectivity index (χ3n) is 3.40. The summed E-state index contributed by atoms with van der Waals surface area (Å²) in [4.78, 5) is 8.12. The Morgan fingerprint density at radius 2 is 2.00 bits per heavy atom. The SMILES string of the molecule is Nc1cc(Sc2nnc(C3CC3)n2C2CC2)ncn1. The molecule has 0 aromatic carbocycles. The van der Waals surface area contributed by atoms with Crippen molar-refractivity contribution in [1.82, 2.24) is 24.7 Å². The zero-order valence-electron chi connectivity index (χ0n) is 10.4. The molecule has 0 radical (unpaired) electrons. The molecule has 0 amide bonds. The molecule has 6 nitrogen and oxygen atoms in total. The molecular formula is C12H14N6S. The predicted molar refractivity (Wildman–Crippen MR) is 70.8 cm³/mol. The van der Waals surface area contributed by atoms with Gasteiger partial charge >= 0.3 is 0 Å². The maximum absolute atomic E-state index is 5.68. The summed E-state index contributed by atoms with van der Waals surface area (Å²) in [6.07, 6.45) is 6.44. The van der Waals surface area contributed by atoms with E-state index in [-0.39, 0.29) is 0 Å². The van der Waals surface area contributed by atoms with E-state index in [0.717, 1.165) is 16.0 Å². The zero-order chi connectivity index (χ0) is 12.8. The number of nitrogens with two attached hydrogens (primary N) is 1. The van der Waals surface area contributed by atoms with Gasteiger partial charge in [0.05, 0.1) is 0 Å². The lowest BCUT2D eigenvalue weighted by molar-refractivity contribution is 0.626. The monoisotopic (exact) mass is 274 g/mol. The fraction of sp³-hybridized carbons (Fsp3) is 0.500. The van der Waals surface area contributed by atoms with Gasteiger partial charge in [0, 0.05) is 18.0 Å². The van der Waals surface area contributed by atoms with Crippen molar-refractivity contribution in [1.29, 1.82) is 0 Å². The second kappa shape index (κ2) is 4.19. The zero-order valence-corrected chi connectivity index (χ0v) is 11.2. The second-order valence-electron chi connectivity index (χ2n) is 5.10. The first-order valence-electron chi connectivity index (χ1n) is 6.51. The van der Waals surface area contributed by atoms with Crippen LogP contribution in [0.3, 0.4) is 0 Å². The quantitative estimate of drug-likeness (QED) is 0.859. The van der Waals surface area contributed by atoms with Crippen molar-refractivity contribution in [3.8, 4) is 0 Å². The Morgan fingerprint density at radius 3 is 2.68 bits per heavy atom. The van der Waals surface area contributed by atoms with Crippen LogP contribution in [-0.4, -0.2) is 24.7 Å². The molecule has 0 atom stereocenters. The van der Waals surface area contributed by atoms with Crippen LogP contribution in [0.4, 0.5) is 5.82 Å². The third-order valence-corrected chi connectivity index (χ3v) is 4.30. The van der Waals surface area contributed by atoms with Crippen molar-refractivity contribution in [3.05, 3.63) is 18.2 Å². The number of anilines is 1. The Bertz CT molecular complexity index is 616. The molecule has 98 valence electrons. The molecule has 2 aromatic rings. The number of rotatable bonds is 4. The van der Waals surface area contributed by atoms with Crippen LogP contribution in [0.5, 0.6) is 0 Å². The molecule has 0 spiro atoms. The lowest BCUT2D eigenvalue weighted by Gasteiger charge is -2.07. The maximum atomic E-state index is 5.68. The summed E-state index contributed by atoms with van der Waals surface area (Å²) in [5.41, 5.74) is 5.68. The normalized spacial score (nSPS) is 18.7. The summed E-state index contributed by atoms with van der Waals surface area (Å²) in [5, 5.41) is 10.5. The summed E-state index contributed by atoms with van der Waals surface area (Å²) < 4.78 is 2.31. The number of nitrogens with zero attached hydrogens (tertiary/aromatic N) is 5. The smallest absolute Gasteiger partial charge is 0.197 e. The molecular weight excluding hydrogens is 260 g/mol. The van der Waals surface area contributed by atoms with Crippen molar-refractivity contribution in [2.45, 2.75) is 47.8 Å². The Kier molecular flexibility index (Phi) is 2.48. The average Bonchev–Trinajstić information content (AvgIpc) is 3.30. The van der Waals surface area contributed by atoms with Crippen LogP contribution in [0.15, 0.2) is 22.6 Å². The molecule has 2 N–H and O–H groups in total. The largest absolute Gasteiger partial charge is 0.384 e. The van der Waals surface area contributed by atoms with Crippen molar-refractivity contribution < 1.29 is 0 Å². The van der Waals surface area contributed by atoms with Crippen LogP contribution in [0.2, 0.25) is 0 Å². The highest BCUT2D eigenvalue weighted by Gasteiger charge is 2.36. The van der Waals surface area contributed by atoms with Gasteiger partial charge in [-0.1, -0.05) is 0 Å². The molecule has 2 saturated carbocycles. The Morgan fingerprint density at radius 1 is 1.16 bits per heavy atom. The van der Waals surface area contributed by atoms with Crippen molar-refractivity contribution in [3.63, 3.8) is 0 Å². The standard InChI is InChI=1S/C12H14N6S/c13-9-5-10(15-6-14-9)19-12-17-16-11(7-1-2-7)18(12)8-3-4-8/h5-8H,1-4H2,(H2,13,14,15). The summed E-state index contributed by atoms with van der Waals surface area (Å²) in [6.45, 7) is 0. The first-order chi connectivity index (χ1) is 9.31. The van der Waals surface area contributed by atoms with E-state index >= 15 is 0 Å². The lowest BCUT2D eigenvalue weighted by atomic mass is 10.4. The van der Waals surface area contributed by atoms with Gasteiger partial charge in [0.25, 0.3) is 0 Å². The second-order valence-corrected chi connectivity index (χ2v) is 6.09. The molecule has 0 unspecified atom stereocenters. The van der Waals surface area contributed by atoms with E-state index in [1.54, 1.807) is 6.07 Å². The molecule has 0 bridgehead atoms. The summed E-state index contributed by atoms with van der Waals surface area (Å²) >= 11 is 1.52. The van der Waals surface area contributed by atoms with E-state index in [2.05, 4.69) is 24.7 Å². The summed E-state index contributed by atoms with van der Waals surface area (Å²) in [7, 11) is 0. The molecule has 0 saturated heterocycles. The average molecular weight is 274 g/mol. The number of aromatic nitrogens is 5. The van der Waals surface area contributed by atoms with Crippen molar-refractivity contribution in [2.24, 2.45) is 0 Å². The topological polar surface area (TPSA) is 82.5 Å². The van der Waals surface area contributed by atoms with Crippen LogP contribution in [0.1, 0.15) is 43.5 Å². The van der Waals surface area contributed by atoms with E-state index in [0.29, 0.717) is 17.8 Å². The van der Waals surface area contributed by atoms with E-state index in [1.807, 2.05) is 0 Å². The van der Waals surface area contributed by atoms with Crippen LogP contribution in [0.25, 0.3) is 0 Å². The van der Waals surface area contributed by atoms with Gasteiger partial charge in [0.2, 0.25) is 0 Å². The fourth-order valence-corrected chi connectivity index (χ4v) is 3.05. The van der Waals surface area contributed by atoms with Gasteiger partial charge in [0.15, 0.2) is 5.16 Å². The molecule has 2 heterocycles. The number of hydrogen-bond donors (Lipinski definition) is 1. The summed E-state index contributed by atoms with van der Waals surface area (Å²) in [6, 6.07) is 2.36. The molecule has 2 aromatic heterocycles. The molecule has 2 aliphatic rings. The number of hydrogen-bond acceptors (Lipinski definition) is 6. The Labute approximate surface area is 114 Å². The Balaban J connectivity index is 1.67. The molecule has 2 aliphatic carbocycles. The highest BCUT2D eigenvalue weighted by molar-refractivity contribution is 7.99. The van der Waals surface area contributed by atoms with E-state index < -0.39 is 0 Å². The van der Waals surface area contributed by atoms with Crippen LogP contribution in [0, 0.1) is 0 Å². The fourth-order valence-electron chi connectivity index (χ4n) is 2.16. The van der Waals surface area contributed by atoms with E-state index in [9.17, 15) is 0 Å². The van der Waals surface area contributed by atoms with Gasteiger partial charge in [-0.3, -0.25) is 0 Å². The molecule has 7 heteroatoms. The van der Waals surface area contributed by atoms with Gasteiger partial charge in [-0.2, -0.15) is 0 Å². The van der Waals surface area contributed by atoms with Gasteiger partial charge in [-0.25, -0.2) is 9.97 Å². The highest BCUT2D eigenvalue weighted by Crippen LogP contribution is 2.46. The van der Waals surface area contributed by atoms with Gasteiger partial charge < -0.3 is 10.3 Å². The summed E-state index contributed by atoms with van der Waals surface area (Å²) in [5.74, 6) is 2.27. The first kappa shape index (κ1) is 11.2. The Hall–Kier alpha value is -1.63. The van der Waals surface area contributed by atoms with Gasteiger partial charge in [-0.05, 0) is 37.4 Å². The van der Waals surface area contributed by atoms with Crippen molar-refractivity contribution >= 4 is 17.6 Å². The van der Waals surface area contributed by atoms with E-state index in [4.69, 9.17) is 5.73 Å². The lowest BCUT2D eigenvalue weighted by Crippen LogP contribution is -2.02. The predicted octanol–water partition coefficient (Wildman–Crippen LogP) is 2.01. The number of nitrogen functional groups attached to an aromatic ring is 1. The van der Waals surface area contributed by atoms with E-state index in [1.165, 1.54) is 43.8 Å². The van der Waals surface area contributed by atoms with Crippen LogP contribution < -0.4 is 5.73 Å². The van der Waals surface area contributed by atoms with Crippen LogP contribution in [-0.2, 0) is 0 Å². The first-order valence-corrected chi connectivity index (χ1v) is 7.33. The molecule has 2 fully saturated rings. The highest BCUT2D eigenvalue weighted by atomic mass is 32.2. The minimum Gasteiger partial charge on any atom is -0.384 e. The maximum Gasteiger partial charge on any atom is 0.197 e. The van der Waals surface area contributed by atoms with Crippen LogP contribution >= 0.6 is 11.8 Å².